The van der Waals surface area contributed by atoms with Gasteiger partial charge in [0.15, 0.2) is 11.0 Å². The fourth-order valence-corrected chi connectivity index (χ4v) is 2.37. The number of nitrogens with zero attached hydrogens (tertiary/aromatic N) is 3. The van der Waals surface area contributed by atoms with Crippen LogP contribution in [0.2, 0.25) is 0 Å². The van der Waals surface area contributed by atoms with Crippen LogP contribution in [-0.2, 0) is 11.3 Å². The molecule has 0 unspecified atom stereocenters. The number of carbonyl (C=O) groups is 1. The number of hydrogen-bond donors (Lipinski definition) is 1. The van der Waals surface area contributed by atoms with E-state index in [1.54, 1.807) is 24.3 Å². The summed E-state index contributed by atoms with van der Waals surface area (Å²) >= 11 is 0.238. The summed E-state index contributed by atoms with van der Waals surface area (Å²) in [5.74, 6) is -2.70. The molecule has 9 heteroatoms. The molecule has 0 radical (unpaired) electrons. The summed E-state index contributed by atoms with van der Waals surface area (Å²) in [6, 6.07) is 6.81. The van der Waals surface area contributed by atoms with E-state index >= 15 is 0 Å². The summed E-state index contributed by atoms with van der Waals surface area (Å²) in [5, 5.41) is 16.4. The first kappa shape index (κ1) is 16.2. The molecule has 1 aromatic carbocycles. The van der Waals surface area contributed by atoms with Crippen LogP contribution in [0.15, 0.2) is 29.4 Å². The molecule has 0 aliphatic heterocycles. The van der Waals surface area contributed by atoms with Crippen molar-refractivity contribution in [2.24, 2.45) is 0 Å². The Morgan fingerprint density at radius 1 is 1.36 bits per heavy atom. The summed E-state index contributed by atoms with van der Waals surface area (Å²) in [7, 11) is 1.53. The smallest absolute Gasteiger partial charge is 0.305 e. The van der Waals surface area contributed by atoms with E-state index < -0.39 is 11.7 Å². The van der Waals surface area contributed by atoms with E-state index in [9.17, 15) is 13.6 Å². The fraction of sp³-hybridized carbons (Fsp3) is 0.308. The Kier molecular flexibility index (Phi) is 5.31. The molecule has 22 heavy (non-hydrogen) atoms. The van der Waals surface area contributed by atoms with Crippen molar-refractivity contribution in [3.05, 3.63) is 24.3 Å². The van der Waals surface area contributed by atoms with Gasteiger partial charge in [0, 0.05) is 12.1 Å². The van der Waals surface area contributed by atoms with Gasteiger partial charge in [0.05, 0.1) is 13.5 Å². The number of thioether (sulfide) groups is 1. The Morgan fingerprint density at radius 3 is 2.59 bits per heavy atom. The quantitative estimate of drug-likeness (QED) is 0.787. The number of carboxylic acids is 1. The number of methoxy groups -OCH3 is 1. The molecule has 0 aliphatic rings. The number of aliphatic carboxylic acids is 1. The Morgan fingerprint density at radius 2 is 2.05 bits per heavy atom. The van der Waals surface area contributed by atoms with Crippen LogP contribution in [0.5, 0.6) is 5.75 Å². The van der Waals surface area contributed by atoms with E-state index in [1.807, 2.05) is 0 Å². The number of benzene rings is 1. The predicted octanol–water partition coefficient (Wildman–Crippen LogP) is 2.74. The van der Waals surface area contributed by atoms with Gasteiger partial charge < -0.3 is 14.4 Å². The lowest BCUT2D eigenvalue weighted by Gasteiger charge is -2.09. The number of alkyl halides is 2. The van der Waals surface area contributed by atoms with Crippen molar-refractivity contribution < 1.29 is 23.4 Å². The highest BCUT2D eigenvalue weighted by atomic mass is 32.2. The maximum absolute atomic E-state index is 12.6. The molecule has 0 bridgehead atoms. The van der Waals surface area contributed by atoms with Gasteiger partial charge >= 0.3 is 5.97 Å². The number of halogens is 2. The highest BCUT2D eigenvalue weighted by molar-refractivity contribution is 7.99. The zero-order valence-electron chi connectivity index (χ0n) is 11.6. The number of carboxylic acid groups (broad SMARTS) is 1. The van der Waals surface area contributed by atoms with Gasteiger partial charge in [0.2, 0.25) is 0 Å². The molecule has 0 amide bonds. The number of aromatic nitrogens is 3. The molecular weight excluding hydrogens is 316 g/mol. The molecule has 2 aromatic rings. The molecule has 6 nitrogen and oxygen atoms in total. The fourth-order valence-electron chi connectivity index (χ4n) is 1.82. The second kappa shape index (κ2) is 7.21. The standard InChI is InChI=1S/C13H13F2N3O3S/c1-21-9-4-2-8(3-5-9)11-16-17-13(22-12(14)15)18(11)7-6-10(19)20/h2-5,12H,6-7H2,1H3,(H,19,20). The van der Waals surface area contributed by atoms with Gasteiger partial charge in [-0.15, -0.1) is 10.2 Å². The lowest BCUT2D eigenvalue weighted by atomic mass is 10.2. The molecule has 0 atom stereocenters. The van der Waals surface area contributed by atoms with Crippen molar-refractivity contribution in [2.45, 2.75) is 23.9 Å². The van der Waals surface area contributed by atoms with Crippen LogP contribution in [0.1, 0.15) is 6.42 Å². The summed E-state index contributed by atoms with van der Waals surface area (Å²) in [6.45, 7) is 0.0126. The highest BCUT2D eigenvalue weighted by Crippen LogP contribution is 2.28. The first-order chi connectivity index (χ1) is 10.5. The maximum Gasteiger partial charge on any atom is 0.305 e. The van der Waals surface area contributed by atoms with Crippen LogP contribution in [0, 0.1) is 0 Å². The van der Waals surface area contributed by atoms with E-state index in [4.69, 9.17) is 9.84 Å². The highest BCUT2D eigenvalue weighted by Gasteiger charge is 2.18. The monoisotopic (exact) mass is 329 g/mol. The minimum absolute atomic E-state index is 0.0120. The molecule has 1 aromatic heterocycles. The normalized spacial score (nSPS) is 10.9. The van der Waals surface area contributed by atoms with Gasteiger partial charge in [-0.2, -0.15) is 8.78 Å². The molecule has 2 rings (SSSR count). The van der Waals surface area contributed by atoms with Crippen LogP contribution < -0.4 is 4.74 Å². The molecule has 1 N–H and O–H groups in total. The SMILES string of the molecule is COc1ccc(-c2nnc(SC(F)F)n2CCC(=O)O)cc1. The van der Waals surface area contributed by atoms with Gasteiger partial charge in [0.25, 0.3) is 5.76 Å². The minimum atomic E-state index is -2.66. The van der Waals surface area contributed by atoms with Gasteiger partial charge in [-0.1, -0.05) is 0 Å². The number of ether oxygens (including phenoxy) is 1. The Hall–Kier alpha value is -2.16. The second-order valence-corrected chi connectivity index (χ2v) is 5.17. The lowest BCUT2D eigenvalue weighted by molar-refractivity contribution is -0.137. The van der Waals surface area contributed by atoms with Crippen molar-refractivity contribution in [3.8, 4) is 17.1 Å². The molecule has 0 saturated carbocycles. The van der Waals surface area contributed by atoms with E-state index in [0.717, 1.165) is 0 Å². The average Bonchev–Trinajstić information content (AvgIpc) is 2.87. The van der Waals surface area contributed by atoms with Crippen molar-refractivity contribution in [3.63, 3.8) is 0 Å². The molecule has 0 saturated heterocycles. The maximum atomic E-state index is 12.6. The number of rotatable bonds is 7. The van der Waals surface area contributed by atoms with Gasteiger partial charge in [-0.05, 0) is 36.0 Å². The second-order valence-electron chi connectivity index (χ2n) is 4.21. The van der Waals surface area contributed by atoms with Crippen molar-refractivity contribution in [1.29, 1.82) is 0 Å². The summed E-state index contributed by atoms with van der Waals surface area (Å²) in [6.07, 6.45) is -0.210. The first-order valence-corrected chi connectivity index (χ1v) is 7.13. The van der Waals surface area contributed by atoms with E-state index in [1.165, 1.54) is 11.7 Å². The molecule has 1 heterocycles. The molecule has 118 valence electrons. The average molecular weight is 329 g/mol. The molecule has 0 aliphatic carbocycles. The third-order valence-corrected chi connectivity index (χ3v) is 3.50. The molecule has 0 spiro atoms. The van der Waals surface area contributed by atoms with Crippen LogP contribution in [0.25, 0.3) is 11.4 Å². The van der Waals surface area contributed by atoms with Crippen molar-refractivity contribution in [1.82, 2.24) is 14.8 Å². The van der Waals surface area contributed by atoms with Crippen LogP contribution in [-0.4, -0.2) is 38.7 Å². The largest absolute Gasteiger partial charge is 0.497 e. The van der Waals surface area contributed by atoms with Crippen molar-refractivity contribution in [2.75, 3.05) is 7.11 Å². The van der Waals surface area contributed by atoms with Crippen LogP contribution in [0.4, 0.5) is 8.78 Å². The molecular formula is C13H13F2N3O3S. The zero-order valence-corrected chi connectivity index (χ0v) is 12.4. The zero-order chi connectivity index (χ0) is 16.1. The summed E-state index contributed by atoms with van der Waals surface area (Å²) in [5.41, 5.74) is 0.639. The van der Waals surface area contributed by atoms with Gasteiger partial charge in [-0.3, -0.25) is 4.79 Å². The number of hydrogen-bond acceptors (Lipinski definition) is 5. The van der Waals surface area contributed by atoms with Gasteiger partial charge in [0.1, 0.15) is 5.75 Å². The Balaban J connectivity index is 2.35. The van der Waals surface area contributed by atoms with Crippen LogP contribution in [0.3, 0.4) is 0 Å². The van der Waals surface area contributed by atoms with Crippen LogP contribution >= 0.6 is 11.8 Å². The van der Waals surface area contributed by atoms with Gasteiger partial charge in [-0.25, -0.2) is 0 Å². The summed E-state index contributed by atoms with van der Waals surface area (Å²) < 4.78 is 31.5. The third-order valence-electron chi connectivity index (χ3n) is 2.81. The summed E-state index contributed by atoms with van der Waals surface area (Å²) in [4.78, 5) is 10.7. The van der Waals surface area contributed by atoms with E-state index in [-0.39, 0.29) is 29.9 Å². The van der Waals surface area contributed by atoms with Crippen molar-refractivity contribution >= 4 is 17.7 Å². The predicted molar refractivity (Wildman–Crippen MR) is 76.1 cm³/mol. The van der Waals surface area contributed by atoms with E-state index in [2.05, 4.69) is 10.2 Å². The minimum Gasteiger partial charge on any atom is -0.497 e. The lowest BCUT2D eigenvalue weighted by Crippen LogP contribution is -2.08. The third kappa shape index (κ3) is 3.94. The topological polar surface area (TPSA) is 77.2 Å². The van der Waals surface area contributed by atoms with E-state index in [0.29, 0.717) is 17.1 Å². The Bertz CT molecular complexity index is 646. The first-order valence-electron chi connectivity index (χ1n) is 6.25. The molecule has 0 fully saturated rings. The Labute approximate surface area is 129 Å².